The number of anilines is 1. The maximum absolute atomic E-state index is 12.5. The number of amides is 1. The van der Waals surface area contributed by atoms with E-state index in [4.69, 9.17) is 11.6 Å². The lowest BCUT2D eigenvalue weighted by Gasteiger charge is -2.07. The topological polar surface area (TPSA) is 51.1 Å². The normalized spacial score (nSPS) is 10.7. The zero-order valence-corrected chi connectivity index (χ0v) is 13.5. The Morgan fingerprint density at radius 2 is 1.87 bits per heavy atom. The van der Waals surface area contributed by atoms with E-state index in [0.717, 1.165) is 10.9 Å². The summed E-state index contributed by atoms with van der Waals surface area (Å²) in [6.07, 6.45) is 0. The predicted molar refractivity (Wildman–Crippen MR) is 92.3 cm³/mol. The molecule has 1 amide bonds. The Morgan fingerprint density at radius 3 is 2.61 bits per heavy atom. The van der Waals surface area contributed by atoms with Crippen molar-refractivity contribution in [3.8, 4) is 0 Å². The number of nitrogens with one attached hydrogen (secondary N) is 1. The summed E-state index contributed by atoms with van der Waals surface area (Å²) in [7, 11) is 1.82. The van der Waals surface area contributed by atoms with Crippen LogP contribution in [-0.4, -0.2) is 16.3 Å². The number of carbonyl (C=O) groups is 2. The van der Waals surface area contributed by atoms with Gasteiger partial charge in [0.25, 0.3) is 5.91 Å². The monoisotopic (exact) mass is 326 g/mol. The standard InChI is InChI=1S/C18H15ClN2O2/c1-11(22)12-4-3-5-15(8-12)20-18(23)17-9-13-6-7-14(19)10-16(13)21(17)2/h3-10H,1-2H3,(H,20,23). The molecule has 1 heterocycles. The van der Waals surface area contributed by atoms with Gasteiger partial charge in [0.1, 0.15) is 5.69 Å². The molecule has 0 aliphatic carbocycles. The summed E-state index contributed by atoms with van der Waals surface area (Å²) < 4.78 is 1.80. The Morgan fingerprint density at radius 1 is 1.09 bits per heavy atom. The van der Waals surface area contributed by atoms with Crippen LogP contribution in [0.2, 0.25) is 5.02 Å². The molecule has 4 nitrogen and oxygen atoms in total. The van der Waals surface area contributed by atoms with Gasteiger partial charge in [0.15, 0.2) is 5.78 Å². The average molecular weight is 327 g/mol. The first kappa shape index (κ1) is 15.3. The SMILES string of the molecule is CC(=O)c1cccc(NC(=O)c2cc3ccc(Cl)cc3n2C)c1. The number of benzene rings is 2. The highest BCUT2D eigenvalue weighted by atomic mass is 35.5. The Bertz CT molecular complexity index is 928. The third kappa shape index (κ3) is 2.98. The molecule has 0 aliphatic rings. The van der Waals surface area contributed by atoms with E-state index in [1.165, 1.54) is 6.92 Å². The van der Waals surface area contributed by atoms with E-state index in [2.05, 4.69) is 5.32 Å². The molecule has 3 aromatic rings. The van der Waals surface area contributed by atoms with Crippen molar-refractivity contribution < 1.29 is 9.59 Å². The first-order chi connectivity index (χ1) is 11.0. The molecule has 0 spiro atoms. The summed E-state index contributed by atoms with van der Waals surface area (Å²) in [5.41, 5.74) is 2.56. The minimum absolute atomic E-state index is 0.0413. The molecule has 0 radical (unpaired) electrons. The molecule has 2 aromatic carbocycles. The number of rotatable bonds is 3. The lowest BCUT2D eigenvalue weighted by molar-refractivity contribution is 0.100. The summed E-state index contributed by atoms with van der Waals surface area (Å²) in [5.74, 6) is -0.277. The van der Waals surface area contributed by atoms with Gasteiger partial charge in [-0.25, -0.2) is 0 Å². The zero-order chi connectivity index (χ0) is 16.6. The first-order valence-electron chi connectivity index (χ1n) is 7.13. The summed E-state index contributed by atoms with van der Waals surface area (Å²) in [5, 5.41) is 4.39. The Labute approximate surface area is 138 Å². The lowest BCUT2D eigenvalue weighted by Crippen LogP contribution is -2.15. The van der Waals surface area contributed by atoms with Gasteiger partial charge in [0.2, 0.25) is 0 Å². The van der Waals surface area contributed by atoms with Crippen LogP contribution in [0.3, 0.4) is 0 Å². The van der Waals surface area contributed by atoms with Crippen molar-refractivity contribution in [1.29, 1.82) is 0 Å². The number of aromatic nitrogens is 1. The summed E-state index contributed by atoms with van der Waals surface area (Å²) in [6.45, 7) is 1.49. The van der Waals surface area contributed by atoms with Crippen molar-refractivity contribution in [3.63, 3.8) is 0 Å². The third-order valence-corrected chi connectivity index (χ3v) is 4.00. The second-order valence-electron chi connectivity index (χ2n) is 5.38. The van der Waals surface area contributed by atoms with Crippen LogP contribution < -0.4 is 5.32 Å². The van der Waals surface area contributed by atoms with Crippen molar-refractivity contribution >= 4 is 39.9 Å². The van der Waals surface area contributed by atoms with Crippen LogP contribution in [-0.2, 0) is 7.05 Å². The fourth-order valence-corrected chi connectivity index (χ4v) is 2.70. The predicted octanol–water partition coefficient (Wildman–Crippen LogP) is 4.29. The number of Topliss-reactive ketones (excluding diaryl/α,β-unsaturated/α-hetero) is 1. The second-order valence-corrected chi connectivity index (χ2v) is 5.82. The number of halogens is 1. The molecule has 1 N–H and O–H groups in total. The Balaban J connectivity index is 1.93. The summed E-state index contributed by atoms with van der Waals surface area (Å²) >= 11 is 6.01. The van der Waals surface area contributed by atoms with Gasteiger partial charge >= 0.3 is 0 Å². The molecule has 3 rings (SSSR count). The van der Waals surface area contributed by atoms with Crippen LogP contribution in [0.15, 0.2) is 48.5 Å². The number of ketones is 1. The molecule has 0 fully saturated rings. The van der Waals surface area contributed by atoms with Gasteiger partial charge in [-0.3, -0.25) is 9.59 Å². The van der Waals surface area contributed by atoms with Crippen LogP contribution in [0.25, 0.3) is 10.9 Å². The molecule has 5 heteroatoms. The quantitative estimate of drug-likeness (QED) is 0.730. The average Bonchev–Trinajstić information content (AvgIpc) is 2.84. The zero-order valence-electron chi connectivity index (χ0n) is 12.8. The molecular weight excluding hydrogens is 312 g/mol. The molecular formula is C18H15ClN2O2. The summed E-state index contributed by atoms with van der Waals surface area (Å²) in [6, 6.07) is 14.2. The number of fused-ring (bicyclic) bond motifs is 1. The van der Waals surface area contributed by atoms with E-state index in [1.807, 2.05) is 25.2 Å². The maximum Gasteiger partial charge on any atom is 0.272 e. The molecule has 0 saturated heterocycles. The number of carbonyl (C=O) groups excluding carboxylic acids is 2. The minimum Gasteiger partial charge on any atom is -0.340 e. The van der Waals surface area contributed by atoms with Gasteiger partial charge in [-0.15, -0.1) is 0 Å². The highest BCUT2D eigenvalue weighted by Gasteiger charge is 2.14. The van der Waals surface area contributed by atoms with Gasteiger partial charge in [0.05, 0.1) is 0 Å². The number of nitrogens with zero attached hydrogens (tertiary/aromatic N) is 1. The first-order valence-corrected chi connectivity index (χ1v) is 7.51. The van der Waals surface area contributed by atoms with E-state index in [1.54, 1.807) is 34.9 Å². The molecule has 23 heavy (non-hydrogen) atoms. The van der Waals surface area contributed by atoms with Crippen LogP contribution in [0, 0.1) is 0 Å². The Kier molecular flexibility index (Phi) is 3.92. The molecule has 0 atom stereocenters. The minimum atomic E-state index is -0.236. The molecule has 0 aliphatic heterocycles. The number of aryl methyl sites for hydroxylation is 1. The highest BCUT2D eigenvalue weighted by molar-refractivity contribution is 6.31. The van der Waals surface area contributed by atoms with E-state index >= 15 is 0 Å². The van der Waals surface area contributed by atoms with Crippen LogP contribution >= 0.6 is 11.6 Å². The largest absolute Gasteiger partial charge is 0.340 e. The molecule has 0 unspecified atom stereocenters. The molecule has 116 valence electrons. The smallest absolute Gasteiger partial charge is 0.272 e. The van der Waals surface area contributed by atoms with E-state index in [9.17, 15) is 9.59 Å². The van der Waals surface area contributed by atoms with Gasteiger partial charge in [-0.05, 0) is 37.3 Å². The molecule has 1 aromatic heterocycles. The number of hydrogen-bond acceptors (Lipinski definition) is 2. The van der Waals surface area contributed by atoms with Crippen molar-refractivity contribution in [2.24, 2.45) is 7.05 Å². The molecule has 0 saturated carbocycles. The second kappa shape index (κ2) is 5.89. The van der Waals surface area contributed by atoms with Crippen molar-refractivity contribution in [1.82, 2.24) is 4.57 Å². The Hall–Kier alpha value is -2.59. The fraction of sp³-hybridized carbons (Fsp3) is 0.111. The lowest BCUT2D eigenvalue weighted by atomic mass is 10.1. The molecule has 0 bridgehead atoms. The van der Waals surface area contributed by atoms with E-state index in [0.29, 0.717) is 22.0 Å². The van der Waals surface area contributed by atoms with Crippen LogP contribution in [0.1, 0.15) is 27.8 Å². The maximum atomic E-state index is 12.5. The van der Waals surface area contributed by atoms with Gasteiger partial charge in [0, 0.05) is 34.2 Å². The van der Waals surface area contributed by atoms with Crippen molar-refractivity contribution in [2.75, 3.05) is 5.32 Å². The van der Waals surface area contributed by atoms with Crippen LogP contribution in [0.5, 0.6) is 0 Å². The third-order valence-electron chi connectivity index (χ3n) is 3.77. The number of hydrogen-bond donors (Lipinski definition) is 1. The van der Waals surface area contributed by atoms with Crippen LogP contribution in [0.4, 0.5) is 5.69 Å². The van der Waals surface area contributed by atoms with Gasteiger partial charge < -0.3 is 9.88 Å². The van der Waals surface area contributed by atoms with Crippen molar-refractivity contribution in [2.45, 2.75) is 6.92 Å². The van der Waals surface area contributed by atoms with Gasteiger partial charge in [-0.1, -0.05) is 29.8 Å². The highest BCUT2D eigenvalue weighted by Crippen LogP contribution is 2.23. The van der Waals surface area contributed by atoms with Crippen molar-refractivity contribution in [3.05, 3.63) is 64.8 Å². The van der Waals surface area contributed by atoms with E-state index in [-0.39, 0.29) is 11.7 Å². The summed E-state index contributed by atoms with van der Waals surface area (Å²) in [4.78, 5) is 23.9. The van der Waals surface area contributed by atoms with E-state index < -0.39 is 0 Å². The fourth-order valence-electron chi connectivity index (χ4n) is 2.53. The van der Waals surface area contributed by atoms with Gasteiger partial charge in [-0.2, -0.15) is 0 Å².